The Kier molecular flexibility index (Phi) is 4.00. The minimum Gasteiger partial charge on any atom is -0.481 e. The van der Waals surface area contributed by atoms with Crippen molar-refractivity contribution >= 4 is 11.7 Å². The number of nitriles is 1. The Hall–Kier alpha value is -2.09. The summed E-state index contributed by atoms with van der Waals surface area (Å²) in [5.74, 6) is -1.43. The summed E-state index contributed by atoms with van der Waals surface area (Å²) in [6.07, 6.45) is 2.77. The van der Waals surface area contributed by atoms with Gasteiger partial charge in [0.15, 0.2) is 0 Å². The first kappa shape index (κ1) is 13.3. The zero-order valence-electron chi connectivity index (χ0n) is 10.4. The summed E-state index contributed by atoms with van der Waals surface area (Å²) in [6.45, 7) is 0. The lowest BCUT2D eigenvalue weighted by atomic mass is 9.86. The maximum Gasteiger partial charge on any atom is 0.306 e. The highest BCUT2D eigenvalue weighted by molar-refractivity contribution is 5.70. The molecule has 1 saturated carbocycles. The third kappa shape index (κ3) is 3.22. The van der Waals surface area contributed by atoms with E-state index in [1.54, 1.807) is 6.07 Å². The fraction of sp³-hybridized carbons (Fsp3) is 0.429. The molecule has 1 aliphatic rings. The Labute approximate surface area is 110 Å². The van der Waals surface area contributed by atoms with Gasteiger partial charge in [0, 0.05) is 6.04 Å². The van der Waals surface area contributed by atoms with Gasteiger partial charge >= 0.3 is 5.97 Å². The van der Waals surface area contributed by atoms with E-state index in [4.69, 9.17) is 10.4 Å². The molecule has 1 aromatic rings. The molecule has 1 fully saturated rings. The van der Waals surface area contributed by atoms with Gasteiger partial charge in [-0.05, 0) is 43.9 Å². The third-order valence-electron chi connectivity index (χ3n) is 3.54. The average molecular weight is 262 g/mol. The normalized spacial score (nSPS) is 22.5. The van der Waals surface area contributed by atoms with E-state index in [-0.39, 0.29) is 17.5 Å². The molecule has 2 rings (SSSR count). The highest BCUT2D eigenvalue weighted by atomic mass is 19.1. The second-order valence-corrected chi connectivity index (χ2v) is 4.83. The van der Waals surface area contributed by atoms with Gasteiger partial charge in [0.1, 0.15) is 11.9 Å². The van der Waals surface area contributed by atoms with Crippen LogP contribution in [-0.2, 0) is 4.79 Å². The summed E-state index contributed by atoms with van der Waals surface area (Å²) >= 11 is 0. The minimum atomic E-state index is -0.738. The van der Waals surface area contributed by atoms with E-state index in [1.165, 1.54) is 12.1 Å². The number of aliphatic carboxylic acids is 1. The molecule has 4 nitrogen and oxygen atoms in total. The molecule has 2 N–H and O–H groups in total. The van der Waals surface area contributed by atoms with Gasteiger partial charge in [0.05, 0.1) is 17.2 Å². The highest BCUT2D eigenvalue weighted by Crippen LogP contribution is 2.27. The van der Waals surface area contributed by atoms with Gasteiger partial charge in [-0.25, -0.2) is 4.39 Å². The number of hydrogen-bond acceptors (Lipinski definition) is 3. The maximum atomic E-state index is 13.0. The molecule has 5 heteroatoms. The number of carboxylic acid groups (broad SMARTS) is 1. The topological polar surface area (TPSA) is 73.1 Å². The van der Waals surface area contributed by atoms with Crippen molar-refractivity contribution in [3.63, 3.8) is 0 Å². The van der Waals surface area contributed by atoms with Gasteiger partial charge in [-0.2, -0.15) is 5.26 Å². The molecule has 0 unspecified atom stereocenters. The second kappa shape index (κ2) is 5.70. The van der Waals surface area contributed by atoms with Crippen LogP contribution >= 0.6 is 0 Å². The van der Waals surface area contributed by atoms with Crippen molar-refractivity contribution in [2.24, 2.45) is 5.92 Å². The molecule has 0 spiro atoms. The first-order chi connectivity index (χ1) is 9.10. The van der Waals surface area contributed by atoms with Crippen LogP contribution in [0.25, 0.3) is 0 Å². The van der Waals surface area contributed by atoms with Crippen LogP contribution in [0.1, 0.15) is 31.2 Å². The number of carboxylic acids is 1. The quantitative estimate of drug-likeness (QED) is 0.878. The standard InChI is InChI=1S/C14H15FN2O2/c15-11-3-6-13(10(7-11)8-16)17-12-4-1-9(2-5-12)14(18)19/h3,6-7,9,12,17H,1-2,4-5H2,(H,18,19). The van der Waals surface area contributed by atoms with Gasteiger partial charge in [-0.1, -0.05) is 0 Å². The SMILES string of the molecule is N#Cc1cc(F)ccc1NC1CCC(C(=O)O)CC1. The molecule has 19 heavy (non-hydrogen) atoms. The smallest absolute Gasteiger partial charge is 0.306 e. The van der Waals surface area contributed by atoms with Gasteiger partial charge in [0.2, 0.25) is 0 Å². The van der Waals surface area contributed by atoms with Crippen LogP contribution in [0, 0.1) is 23.1 Å². The summed E-state index contributed by atoms with van der Waals surface area (Å²) in [5, 5.41) is 21.1. The average Bonchev–Trinajstić information content (AvgIpc) is 2.41. The Morgan fingerprint density at radius 2 is 2.05 bits per heavy atom. The summed E-state index contributed by atoms with van der Waals surface area (Å²) in [4.78, 5) is 10.9. The molecule has 1 aliphatic carbocycles. The molecule has 0 aliphatic heterocycles. The highest BCUT2D eigenvalue weighted by Gasteiger charge is 2.26. The molecular weight excluding hydrogens is 247 g/mol. The predicted octanol–water partition coefficient (Wildman–Crippen LogP) is 2.75. The summed E-state index contributed by atoms with van der Waals surface area (Å²) in [6, 6.07) is 6.17. The first-order valence-corrected chi connectivity index (χ1v) is 6.29. The van der Waals surface area contributed by atoms with Gasteiger partial charge in [0.25, 0.3) is 0 Å². The summed E-state index contributed by atoms with van der Waals surface area (Å²) < 4.78 is 13.0. The second-order valence-electron chi connectivity index (χ2n) is 4.83. The molecule has 0 amide bonds. The monoisotopic (exact) mass is 262 g/mol. The van der Waals surface area contributed by atoms with Crippen molar-refractivity contribution in [3.8, 4) is 6.07 Å². The predicted molar refractivity (Wildman–Crippen MR) is 68.1 cm³/mol. The van der Waals surface area contributed by atoms with E-state index in [1.807, 2.05) is 6.07 Å². The number of rotatable bonds is 3. The van der Waals surface area contributed by atoms with Gasteiger partial charge in [-0.15, -0.1) is 0 Å². The van der Waals surface area contributed by atoms with Crippen LogP contribution in [-0.4, -0.2) is 17.1 Å². The van der Waals surface area contributed by atoms with Crippen molar-refractivity contribution in [2.45, 2.75) is 31.7 Å². The number of nitrogens with one attached hydrogen (secondary N) is 1. The van der Waals surface area contributed by atoms with Crippen molar-refractivity contribution < 1.29 is 14.3 Å². The van der Waals surface area contributed by atoms with Crippen LogP contribution in [0.15, 0.2) is 18.2 Å². The lowest BCUT2D eigenvalue weighted by molar-refractivity contribution is -0.142. The first-order valence-electron chi connectivity index (χ1n) is 6.29. The molecule has 0 bridgehead atoms. The molecule has 0 radical (unpaired) electrons. The number of carbonyl (C=O) groups is 1. The molecule has 0 atom stereocenters. The lowest BCUT2D eigenvalue weighted by Crippen LogP contribution is -2.29. The molecule has 0 aromatic heterocycles. The fourth-order valence-electron chi connectivity index (χ4n) is 2.44. The van der Waals surface area contributed by atoms with E-state index < -0.39 is 11.8 Å². The van der Waals surface area contributed by atoms with Crippen molar-refractivity contribution in [2.75, 3.05) is 5.32 Å². The molecule has 1 aromatic carbocycles. The maximum absolute atomic E-state index is 13.0. The number of nitrogens with zero attached hydrogens (tertiary/aromatic N) is 1. The number of hydrogen-bond donors (Lipinski definition) is 2. The molecule has 100 valence electrons. The lowest BCUT2D eigenvalue weighted by Gasteiger charge is -2.27. The third-order valence-corrected chi connectivity index (χ3v) is 3.54. The van der Waals surface area contributed by atoms with Crippen LogP contribution in [0.5, 0.6) is 0 Å². The largest absolute Gasteiger partial charge is 0.481 e. The summed E-state index contributed by atoms with van der Waals surface area (Å²) in [5.41, 5.74) is 0.892. The van der Waals surface area contributed by atoms with Gasteiger partial charge < -0.3 is 10.4 Å². The minimum absolute atomic E-state index is 0.146. The summed E-state index contributed by atoms with van der Waals surface area (Å²) in [7, 11) is 0. The molecular formula is C14H15FN2O2. The van der Waals surface area contributed by atoms with Gasteiger partial charge in [-0.3, -0.25) is 4.79 Å². The Morgan fingerprint density at radius 3 is 2.63 bits per heavy atom. The zero-order chi connectivity index (χ0) is 13.8. The Bertz CT molecular complexity index is 517. The van der Waals surface area contributed by atoms with Crippen molar-refractivity contribution in [3.05, 3.63) is 29.6 Å². The van der Waals surface area contributed by atoms with Crippen LogP contribution in [0.2, 0.25) is 0 Å². The van der Waals surface area contributed by atoms with Crippen LogP contribution < -0.4 is 5.32 Å². The van der Waals surface area contributed by atoms with Crippen LogP contribution in [0.4, 0.5) is 10.1 Å². The zero-order valence-corrected chi connectivity index (χ0v) is 10.4. The fourth-order valence-corrected chi connectivity index (χ4v) is 2.44. The number of benzene rings is 1. The van der Waals surface area contributed by atoms with E-state index in [2.05, 4.69) is 5.32 Å². The van der Waals surface area contributed by atoms with E-state index >= 15 is 0 Å². The van der Waals surface area contributed by atoms with Crippen molar-refractivity contribution in [1.29, 1.82) is 5.26 Å². The molecule has 0 saturated heterocycles. The van der Waals surface area contributed by atoms with E-state index in [0.29, 0.717) is 18.5 Å². The number of anilines is 1. The number of halogens is 1. The van der Waals surface area contributed by atoms with Crippen molar-refractivity contribution in [1.82, 2.24) is 0 Å². The van der Waals surface area contributed by atoms with Crippen LogP contribution in [0.3, 0.4) is 0 Å². The van der Waals surface area contributed by atoms with E-state index in [9.17, 15) is 9.18 Å². The molecule has 0 heterocycles. The Balaban J connectivity index is 2.00. The Morgan fingerprint density at radius 1 is 1.37 bits per heavy atom. The van der Waals surface area contributed by atoms with E-state index in [0.717, 1.165) is 12.8 Å².